The fraction of sp³-hybridized carbons (Fsp3) is 0.133. The van der Waals surface area contributed by atoms with Crippen LogP contribution in [0.1, 0.15) is 5.82 Å². The van der Waals surface area contributed by atoms with Crippen LogP contribution >= 0.6 is 11.6 Å². The molecule has 1 aromatic carbocycles. The molecule has 0 aliphatic carbocycles. The quantitative estimate of drug-likeness (QED) is 0.676. The Labute approximate surface area is 161 Å². The van der Waals surface area contributed by atoms with Gasteiger partial charge in [0.05, 0.1) is 12.1 Å². The number of aromatic nitrogens is 4. The van der Waals surface area contributed by atoms with Crippen LogP contribution < -0.4 is 9.88 Å². The predicted molar refractivity (Wildman–Crippen MR) is 92.5 cm³/mol. The molecule has 0 fully saturated rings. The van der Waals surface area contributed by atoms with Crippen molar-refractivity contribution in [1.82, 2.24) is 19.7 Å². The second-order valence-corrected chi connectivity index (χ2v) is 7.38. The van der Waals surface area contributed by atoms with Crippen molar-refractivity contribution in [3.63, 3.8) is 0 Å². The van der Waals surface area contributed by atoms with Crippen molar-refractivity contribution in [1.29, 1.82) is 0 Å². The molecule has 0 amide bonds. The van der Waals surface area contributed by atoms with Gasteiger partial charge in [0, 0.05) is 11.8 Å². The summed E-state index contributed by atoms with van der Waals surface area (Å²) in [6.45, 7) is 0. The van der Waals surface area contributed by atoms with Gasteiger partial charge >= 0.3 is 6.18 Å². The molecule has 13 heteroatoms. The summed E-state index contributed by atoms with van der Waals surface area (Å²) >= 11 is 6.04. The molecule has 2 aromatic heterocycles. The van der Waals surface area contributed by atoms with Gasteiger partial charge in [-0.1, -0.05) is 11.6 Å². The van der Waals surface area contributed by atoms with Gasteiger partial charge in [-0.15, -0.1) is 5.10 Å². The maximum Gasteiger partial charge on any atom is 0.453 e. The number of rotatable bonds is 4. The van der Waals surface area contributed by atoms with E-state index in [9.17, 15) is 21.6 Å². The van der Waals surface area contributed by atoms with E-state index in [-0.39, 0.29) is 27.1 Å². The Morgan fingerprint density at radius 2 is 1.93 bits per heavy atom. The average Bonchev–Trinajstić information content (AvgIpc) is 3.07. The Kier molecular flexibility index (Phi) is 5.04. The van der Waals surface area contributed by atoms with Crippen LogP contribution in [0.25, 0.3) is 17.2 Å². The van der Waals surface area contributed by atoms with E-state index < -0.39 is 22.0 Å². The number of nitrogens with zero attached hydrogens (tertiary/aromatic N) is 4. The highest BCUT2D eigenvalue weighted by molar-refractivity contribution is 7.89. The first kappa shape index (κ1) is 20.0. The van der Waals surface area contributed by atoms with E-state index in [0.717, 1.165) is 23.0 Å². The zero-order valence-electron chi connectivity index (χ0n) is 14.0. The van der Waals surface area contributed by atoms with Crippen LogP contribution in [-0.4, -0.2) is 35.3 Å². The highest BCUT2D eigenvalue weighted by Crippen LogP contribution is 2.33. The van der Waals surface area contributed by atoms with Crippen LogP contribution in [0, 0.1) is 0 Å². The molecule has 0 saturated heterocycles. The molecule has 2 heterocycles. The highest BCUT2D eigenvalue weighted by atomic mass is 35.5. The highest BCUT2D eigenvalue weighted by Gasteiger charge is 2.37. The third-order valence-electron chi connectivity index (χ3n) is 3.54. The molecule has 0 aliphatic heterocycles. The Morgan fingerprint density at radius 1 is 1.21 bits per heavy atom. The average molecular weight is 434 g/mol. The Hall–Kier alpha value is -2.70. The molecular formula is C15H11ClF3N5O3S. The summed E-state index contributed by atoms with van der Waals surface area (Å²) in [6.07, 6.45) is -3.90. The van der Waals surface area contributed by atoms with Crippen molar-refractivity contribution in [2.24, 2.45) is 5.14 Å². The molecule has 0 saturated carbocycles. The number of nitrogens with two attached hydrogens (primary N) is 1. The number of methoxy groups -OCH3 is 1. The van der Waals surface area contributed by atoms with Gasteiger partial charge < -0.3 is 4.74 Å². The normalized spacial score (nSPS) is 12.2. The largest absolute Gasteiger partial charge is 0.495 e. The second-order valence-electron chi connectivity index (χ2n) is 5.42. The molecule has 2 N–H and O–H groups in total. The van der Waals surface area contributed by atoms with Gasteiger partial charge in [-0.25, -0.2) is 23.5 Å². The molecule has 0 radical (unpaired) electrons. The third-order valence-corrected chi connectivity index (χ3v) is 4.73. The van der Waals surface area contributed by atoms with Gasteiger partial charge in [0.25, 0.3) is 5.82 Å². The van der Waals surface area contributed by atoms with Crippen LogP contribution in [0.5, 0.6) is 5.75 Å². The summed E-state index contributed by atoms with van der Waals surface area (Å²) in [7, 11) is -2.62. The lowest BCUT2D eigenvalue weighted by molar-refractivity contribution is -0.144. The van der Waals surface area contributed by atoms with Crippen molar-refractivity contribution >= 4 is 21.6 Å². The summed E-state index contributed by atoms with van der Waals surface area (Å²) in [5, 5.41) is 8.60. The van der Waals surface area contributed by atoms with Crippen molar-refractivity contribution in [3.05, 3.63) is 47.4 Å². The molecule has 28 heavy (non-hydrogen) atoms. The van der Waals surface area contributed by atoms with Crippen LogP contribution in [0.3, 0.4) is 0 Å². The maximum atomic E-state index is 13.1. The lowest BCUT2D eigenvalue weighted by Gasteiger charge is -2.08. The first-order chi connectivity index (χ1) is 13.0. The number of alkyl halides is 3. The molecule has 0 atom stereocenters. The standard InChI is InChI=1S/C15H11ClF3N5O3S/c1-27-11-4-2-8(6-10(11)16)13-22-14(15(17,18)19)23-24(13)12-5-3-9(7-21-12)28(20,25)26/h2-7H,1H3,(H2,20,25,26). The number of ether oxygens (including phenoxy) is 1. The fourth-order valence-corrected chi connectivity index (χ4v) is 2.97. The number of hydrogen-bond donors (Lipinski definition) is 1. The molecular weight excluding hydrogens is 423 g/mol. The van der Waals surface area contributed by atoms with E-state index in [4.69, 9.17) is 21.5 Å². The maximum absolute atomic E-state index is 13.1. The summed E-state index contributed by atoms with van der Waals surface area (Å²) in [5.41, 5.74) is 0.214. The van der Waals surface area contributed by atoms with Gasteiger partial charge in [0.2, 0.25) is 10.0 Å². The van der Waals surface area contributed by atoms with Gasteiger partial charge in [-0.3, -0.25) is 0 Å². The number of primary sulfonamides is 1. The zero-order chi connectivity index (χ0) is 20.7. The molecule has 148 valence electrons. The number of pyridine rings is 1. The molecule has 8 nitrogen and oxygen atoms in total. The van der Waals surface area contributed by atoms with Gasteiger partial charge in [0.1, 0.15) is 10.6 Å². The minimum atomic E-state index is -4.81. The number of benzene rings is 1. The molecule has 3 rings (SSSR count). The van der Waals surface area contributed by atoms with Gasteiger partial charge in [0.15, 0.2) is 11.6 Å². The SMILES string of the molecule is COc1ccc(-c2nc(C(F)(F)F)nn2-c2ccc(S(N)(=O)=O)cn2)cc1Cl. The zero-order valence-corrected chi connectivity index (χ0v) is 15.5. The summed E-state index contributed by atoms with van der Waals surface area (Å²) in [4.78, 5) is 7.07. The Balaban J connectivity index is 2.18. The van der Waals surface area contributed by atoms with Crippen LogP contribution in [0.2, 0.25) is 5.02 Å². The molecule has 0 aliphatic rings. The predicted octanol–water partition coefficient (Wildman–Crippen LogP) is 2.66. The van der Waals surface area contributed by atoms with E-state index >= 15 is 0 Å². The lowest BCUT2D eigenvalue weighted by atomic mass is 10.2. The van der Waals surface area contributed by atoms with E-state index in [2.05, 4.69) is 15.1 Å². The summed E-state index contributed by atoms with van der Waals surface area (Å²) in [5.74, 6) is -1.38. The first-order valence-corrected chi connectivity index (χ1v) is 9.30. The molecule has 0 spiro atoms. The van der Waals surface area contributed by atoms with Gasteiger partial charge in [-0.05, 0) is 30.3 Å². The van der Waals surface area contributed by atoms with E-state index in [0.29, 0.717) is 5.75 Å². The number of sulfonamides is 1. The minimum absolute atomic E-state index is 0.0997. The Morgan fingerprint density at radius 3 is 2.43 bits per heavy atom. The third kappa shape index (κ3) is 3.93. The number of halogens is 4. The van der Waals surface area contributed by atoms with Crippen LogP contribution in [-0.2, 0) is 16.2 Å². The monoisotopic (exact) mass is 433 g/mol. The summed E-state index contributed by atoms with van der Waals surface area (Å²) < 4.78 is 67.9. The van der Waals surface area contributed by atoms with E-state index in [1.165, 1.54) is 25.3 Å². The van der Waals surface area contributed by atoms with E-state index in [1.807, 2.05) is 0 Å². The molecule has 0 unspecified atom stereocenters. The lowest BCUT2D eigenvalue weighted by Crippen LogP contribution is -2.13. The number of hydrogen-bond acceptors (Lipinski definition) is 6. The topological polar surface area (TPSA) is 113 Å². The second kappa shape index (κ2) is 7.04. The van der Waals surface area contributed by atoms with Crippen molar-refractivity contribution in [3.8, 4) is 23.0 Å². The minimum Gasteiger partial charge on any atom is -0.495 e. The van der Waals surface area contributed by atoms with Crippen molar-refractivity contribution in [2.75, 3.05) is 7.11 Å². The van der Waals surface area contributed by atoms with Crippen molar-refractivity contribution in [2.45, 2.75) is 11.1 Å². The molecule has 0 bridgehead atoms. The van der Waals surface area contributed by atoms with Crippen molar-refractivity contribution < 1.29 is 26.3 Å². The van der Waals surface area contributed by atoms with E-state index in [1.54, 1.807) is 0 Å². The smallest absolute Gasteiger partial charge is 0.453 e. The molecule has 3 aromatic rings. The summed E-state index contributed by atoms with van der Waals surface area (Å²) in [6, 6.07) is 6.52. The van der Waals surface area contributed by atoms with Crippen LogP contribution in [0.4, 0.5) is 13.2 Å². The van der Waals surface area contributed by atoms with Crippen LogP contribution in [0.15, 0.2) is 41.4 Å². The van der Waals surface area contributed by atoms with Gasteiger partial charge in [-0.2, -0.15) is 17.9 Å². The fourth-order valence-electron chi connectivity index (χ4n) is 2.25. The Bertz CT molecular complexity index is 1130. The first-order valence-electron chi connectivity index (χ1n) is 7.38.